The zero-order chi connectivity index (χ0) is 23.9. The van der Waals surface area contributed by atoms with Crippen molar-refractivity contribution in [2.75, 3.05) is 19.7 Å². The molecule has 180 valence electrons. The molecule has 2 aromatic rings. The van der Waals surface area contributed by atoms with Crippen LogP contribution in [-0.4, -0.2) is 53.7 Å². The lowest BCUT2D eigenvalue weighted by atomic mass is 9.98. The molecule has 1 unspecified atom stereocenters. The lowest BCUT2D eigenvalue weighted by Gasteiger charge is -2.25. The van der Waals surface area contributed by atoms with Crippen LogP contribution in [0.1, 0.15) is 36.3 Å². The molecule has 7 nitrogen and oxygen atoms in total. The Morgan fingerprint density at radius 3 is 2.23 bits per heavy atom. The predicted octanol–water partition coefficient (Wildman–Crippen LogP) is 3.48. The average Bonchev–Trinajstić information content (AvgIpc) is 3.54. The third kappa shape index (κ3) is 3.13. The highest BCUT2D eigenvalue weighted by atomic mass is 16.5. The average molecular weight is 473 g/mol. The van der Waals surface area contributed by atoms with Gasteiger partial charge in [0.25, 0.3) is 0 Å². The van der Waals surface area contributed by atoms with E-state index in [1.54, 1.807) is 0 Å². The highest BCUT2D eigenvalue weighted by Crippen LogP contribution is 2.65. The monoisotopic (exact) mass is 472 g/mol. The van der Waals surface area contributed by atoms with Gasteiger partial charge in [0.15, 0.2) is 0 Å². The molecule has 1 saturated heterocycles. The number of carbonyl (C=O) groups is 3. The Morgan fingerprint density at radius 2 is 1.60 bits per heavy atom. The molecule has 1 heterocycles. The molecule has 0 bridgehead atoms. The number of likely N-dealkylation sites (tertiary alicyclic amines) is 1. The molecule has 5 aliphatic rings. The standard InChI is InChI=1S/C28H28N2O5/c31-25(32)24-21-12-30(13-22(21)24)26(33)28-10-15(28)9-16(11-28)29-27(34)35-14-23-19-7-3-1-5-17(19)18-6-2-4-8-20(18)23/h1-8,15-16,21-24H,9-14H2,(H,29,34)(H,31,32)/t15-,16+,21-,22+,24?,28+/m1/s1. The number of amides is 2. The molecule has 2 amide bonds. The molecule has 35 heavy (non-hydrogen) atoms. The fourth-order valence-corrected chi connectivity index (χ4v) is 7.45. The number of hydrogen-bond acceptors (Lipinski definition) is 4. The topological polar surface area (TPSA) is 95.9 Å². The second-order valence-corrected chi connectivity index (χ2v) is 11.1. The maximum Gasteiger partial charge on any atom is 0.407 e. The summed E-state index contributed by atoms with van der Waals surface area (Å²) in [6.45, 7) is 1.42. The highest BCUT2D eigenvalue weighted by molar-refractivity contribution is 5.88. The minimum absolute atomic E-state index is 0.0225. The molecular formula is C28H28N2O5. The van der Waals surface area contributed by atoms with Gasteiger partial charge in [-0.1, -0.05) is 48.5 Å². The fraction of sp³-hybridized carbons (Fsp3) is 0.464. The van der Waals surface area contributed by atoms with Gasteiger partial charge < -0.3 is 20.1 Å². The van der Waals surface area contributed by atoms with Gasteiger partial charge in [0, 0.05) is 25.0 Å². The maximum absolute atomic E-state index is 13.3. The number of ether oxygens (including phenoxy) is 1. The molecule has 4 aliphatic carbocycles. The van der Waals surface area contributed by atoms with E-state index >= 15 is 0 Å². The number of hydrogen-bond donors (Lipinski definition) is 2. The van der Waals surface area contributed by atoms with Crippen LogP contribution in [-0.2, 0) is 14.3 Å². The number of alkyl carbamates (subject to hydrolysis) is 1. The Balaban J connectivity index is 0.951. The van der Waals surface area contributed by atoms with E-state index in [0.717, 1.165) is 12.8 Å². The van der Waals surface area contributed by atoms with Crippen molar-refractivity contribution in [3.8, 4) is 11.1 Å². The maximum atomic E-state index is 13.3. The first-order valence-electron chi connectivity index (χ1n) is 12.6. The molecule has 1 aliphatic heterocycles. The summed E-state index contributed by atoms with van der Waals surface area (Å²) in [6, 6.07) is 16.5. The summed E-state index contributed by atoms with van der Waals surface area (Å²) >= 11 is 0. The van der Waals surface area contributed by atoms with Gasteiger partial charge in [-0.05, 0) is 59.3 Å². The second kappa shape index (κ2) is 7.33. The second-order valence-electron chi connectivity index (χ2n) is 11.1. The van der Waals surface area contributed by atoms with Crippen LogP contribution >= 0.6 is 0 Å². The number of carboxylic acid groups (broad SMARTS) is 1. The van der Waals surface area contributed by atoms with E-state index in [0.29, 0.717) is 25.4 Å². The van der Waals surface area contributed by atoms with Crippen molar-refractivity contribution in [1.82, 2.24) is 10.2 Å². The van der Waals surface area contributed by atoms with Gasteiger partial charge in [0.05, 0.1) is 11.3 Å². The van der Waals surface area contributed by atoms with Crippen molar-refractivity contribution < 1.29 is 24.2 Å². The molecule has 2 N–H and O–H groups in total. The minimum Gasteiger partial charge on any atom is -0.481 e. The molecular weight excluding hydrogens is 444 g/mol. The number of rotatable bonds is 5. The number of carboxylic acids is 1. The Labute approximate surface area is 203 Å². The van der Waals surface area contributed by atoms with Crippen molar-refractivity contribution in [3.05, 3.63) is 59.7 Å². The molecule has 0 aromatic heterocycles. The number of fused-ring (bicyclic) bond motifs is 5. The zero-order valence-electron chi connectivity index (χ0n) is 19.4. The van der Waals surface area contributed by atoms with E-state index in [4.69, 9.17) is 4.74 Å². The van der Waals surface area contributed by atoms with E-state index in [2.05, 4.69) is 29.6 Å². The summed E-state index contributed by atoms with van der Waals surface area (Å²) < 4.78 is 5.70. The van der Waals surface area contributed by atoms with Crippen LogP contribution in [0.15, 0.2) is 48.5 Å². The molecule has 6 atom stereocenters. The number of nitrogens with one attached hydrogen (secondary N) is 1. The molecule has 2 aromatic carbocycles. The summed E-state index contributed by atoms with van der Waals surface area (Å²) in [5, 5.41) is 12.2. The summed E-state index contributed by atoms with van der Waals surface area (Å²) in [4.78, 5) is 39.1. The normalized spacial score (nSPS) is 33.4. The Morgan fingerprint density at radius 1 is 0.971 bits per heavy atom. The van der Waals surface area contributed by atoms with Crippen LogP contribution < -0.4 is 5.32 Å². The number of benzene rings is 2. The number of carbonyl (C=O) groups excluding carboxylic acids is 2. The summed E-state index contributed by atoms with van der Waals surface area (Å²) in [6.07, 6.45) is 1.90. The molecule has 4 fully saturated rings. The Hall–Kier alpha value is -3.35. The minimum atomic E-state index is -0.734. The van der Waals surface area contributed by atoms with Crippen LogP contribution in [0.5, 0.6) is 0 Å². The van der Waals surface area contributed by atoms with Gasteiger partial charge >= 0.3 is 12.1 Å². The molecule has 7 rings (SSSR count). The zero-order valence-corrected chi connectivity index (χ0v) is 19.4. The van der Waals surface area contributed by atoms with E-state index < -0.39 is 12.1 Å². The molecule has 0 spiro atoms. The predicted molar refractivity (Wildman–Crippen MR) is 126 cm³/mol. The van der Waals surface area contributed by atoms with E-state index in [-0.39, 0.29) is 47.6 Å². The Kier molecular flexibility index (Phi) is 4.39. The van der Waals surface area contributed by atoms with Gasteiger partial charge in [0.2, 0.25) is 5.91 Å². The van der Waals surface area contributed by atoms with Gasteiger partial charge in [-0.25, -0.2) is 4.79 Å². The smallest absolute Gasteiger partial charge is 0.407 e. The van der Waals surface area contributed by atoms with Crippen LogP contribution in [0.2, 0.25) is 0 Å². The lowest BCUT2D eigenvalue weighted by molar-refractivity contribution is -0.142. The highest BCUT2D eigenvalue weighted by Gasteiger charge is 2.68. The first-order chi connectivity index (χ1) is 17.0. The van der Waals surface area contributed by atoms with Crippen molar-refractivity contribution >= 4 is 18.0 Å². The van der Waals surface area contributed by atoms with Gasteiger partial charge in [-0.15, -0.1) is 0 Å². The molecule has 3 saturated carbocycles. The molecule has 7 heteroatoms. The fourth-order valence-electron chi connectivity index (χ4n) is 7.45. The van der Waals surface area contributed by atoms with Gasteiger partial charge in [-0.2, -0.15) is 0 Å². The van der Waals surface area contributed by atoms with E-state index in [1.807, 2.05) is 29.2 Å². The SMILES string of the molecule is O=C(N[C@H]1C[C@@H]2C[C@]2(C(=O)N2C[C@@H]3C(C(=O)O)[C@@H]3C2)C1)OCC1c2ccccc2-c2ccccc21. The molecule has 0 radical (unpaired) electrons. The largest absolute Gasteiger partial charge is 0.481 e. The summed E-state index contributed by atoms with van der Waals surface area (Å²) in [7, 11) is 0. The van der Waals surface area contributed by atoms with Crippen LogP contribution in [0.25, 0.3) is 11.1 Å². The number of aliphatic carboxylic acids is 1. The summed E-state index contributed by atoms with van der Waals surface area (Å²) in [5.74, 6) is -0.255. The van der Waals surface area contributed by atoms with Crippen molar-refractivity contribution in [2.45, 2.75) is 31.2 Å². The van der Waals surface area contributed by atoms with E-state index in [9.17, 15) is 19.5 Å². The number of nitrogens with zero attached hydrogens (tertiary/aromatic N) is 1. The van der Waals surface area contributed by atoms with Crippen molar-refractivity contribution in [2.24, 2.45) is 29.1 Å². The number of piperidine rings is 1. The van der Waals surface area contributed by atoms with Gasteiger partial charge in [-0.3, -0.25) is 9.59 Å². The quantitative estimate of drug-likeness (QED) is 0.695. The van der Waals surface area contributed by atoms with Crippen molar-refractivity contribution in [3.63, 3.8) is 0 Å². The third-order valence-electron chi connectivity index (χ3n) is 9.27. The Bertz CT molecular complexity index is 1200. The van der Waals surface area contributed by atoms with Crippen molar-refractivity contribution in [1.29, 1.82) is 0 Å². The van der Waals surface area contributed by atoms with E-state index in [1.165, 1.54) is 22.3 Å². The van der Waals surface area contributed by atoms with Crippen LogP contribution in [0.4, 0.5) is 4.79 Å². The van der Waals surface area contributed by atoms with Gasteiger partial charge in [0.1, 0.15) is 6.61 Å². The van der Waals surface area contributed by atoms with Crippen LogP contribution in [0.3, 0.4) is 0 Å². The lowest BCUT2D eigenvalue weighted by Crippen LogP contribution is -2.40. The van der Waals surface area contributed by atoms with Crippen LogP contribution in [0, 0.1) is 29.1 Å². The first kappa shape index (κ1) is 21.0. The summed E-state index contributed by atoms with van der Waals surface area (Å²) in [5.41, 5.74) is 4.39. The third-order valence-corrected chi connectivity index (χ3v) is 9.27. The first-order valence-corrected chi connectivity index (χ1v) is 12.6.